The number of carbonyl (C=O) groups is 1. The summed E-state index contributed by atoms with van der Waals surface area (Å²) in [5, 5.41) is 2.59. The van der Waals surface area contributed by atoms with Gasteiger partial charge in [-0.2, -0.15) is 13.2 Å². The lowest BCUT2D eigenvalue weighted by Crippen LogP contribution is -2.20. The lowest BCUT2D eigenvalue weighted by Gasteiger charge is -2.13. The highest BCUT2D eigenvalue weighted by Gasteiger charge is 2.27. The standard InChI is InChI=1S/C13H17F3N2O2/c1-8-3-4-10(17)12(9(8)2)18-11(19)5-6-20-7-13(14,15)16/h3-4H,5-7,17H2,1-2H3,(H,18,19). The summed E-state index contributed by atoms with van der Waals surface area (Å²) in [5.74, 6) is -0.437. The van der Waals surface area contributed by atoms with E-state index in [0.717, 1.165) is 11.1 Å². The monoisotopic (exact) mass is 290 g/mol. The summed E-state index contributed by atoms with van der Waals surface area (Å²) in [6, 6.07) is 3.49. The summed E-state index contributed by atoms with van der Waals surface area (Å²) >= 11 is 0. The number of hydrogen-bond donors (Lipinski definition) is 2. The number of nitrogens with two attached hydrogens (primary N) is 1. The van der Waals surface area contributed by atoms with Gasteiger partial charge in [0.05, 0.1) is 24.4 Å². The molecule has 0 heterocycles. The summed E-state index contributed by atoms with van der Waals surface area (Å²) in [7, 11) is 0. The largest absolute Gasteiger partial charge is 0.411 e. The van der Waals surface area contributed by atoms with Gasteiger partial charge in [-0.25, -0.2) is 0 Å². The molecule has 0 bridgehead atoms. The average Bonchev–Trinajstić information content (AvgIpc) is 2.34. The molecule has 0 atom stereocenters. The first-order valence-electron chi connectivity index (χ1n) is 6.00. The normalized spacial score (nSPS) is 11.4. The van der Waals surface area contributed by atoms with Crippen molar-refractivity contribution in [3.63, 3.8) is 0 Å². The molecular weight excluding hydrogens is 273 g/mol. The molecule has 1 aromatic carbocycles. The van der Waals surface area contributed by atoms with Crippen LogP contribution in [0.5, 0.6) is 0 Å². The minimum atomic E-state index is -4.38. The van der Waals surface area contributed by atoms with Crippen molar-refractivity contribution in [2.24, 2.45) is 0 Å². The Morgan fingerprint density at radius 1 is 1.35 bits per heavy atom. The molecule has 1 amide bonds. The second-order valence-corrected chi connectivity index (χ2v) is 4.44. The highest BCUT2D eigenvalue weighted by molar-refractivity contribution is 5.95. The number of amides is 1. The number of anilines is 2. The molecule has 0 aliphatic carbocycles. The third-order valence-corrected chi connectivity index (χ3v) is 2.77. The van der Waals surface area contributed by atoms with Crippen LogP contribution in [0.25, 0.3) is 0 Å². The van der Waals surface area contributed by atoms with E-state index in [1.54, 1.807) is 6.07 Å². The summed E-state index contributed by atoms with van der Waals surface area (Å²) in [6.07, 6.45) is -4.54. The number of rotatable bonds is 5. The lowest BCUT2D eigenvalue weighted by molar-refractivity contribution is -0.174. The fourth-order valence-electron chi connectivity index (χ4n) is 1.56. The number of halogens is 3. The molecule has 0 fully saturated rings. The van der Waals surface area contributed by atoms with E-state index in [9.17, 15) is 18.0 Å². The molecule has 0 spiro atoms. The van der Waals surface area contributed by atoms with Gasteiger partial charge in [-0.1, -0.05) is 6.07 Å². The van der Waals surface area contributed by atoms with E-state index in [2.05, 4.69) is 10.1 Å². The quantitative estimate of drug-likeness (QED) is 0.647. The Kier molecular flexibility index (Phi) is 5.38. The van der Waals surface area contributed by atoms with E-state index < -0.39 is 18.7 Å². The first-order valence-corrected chi connectivity index (χ1v) is 6.00. The number of nitrogen functional groups attached to an aromatic ring is 1. The van der Waals surface area contributed by atoms with Gasteiger partial charge in [-0.05, 0) is 31.0 Å². The maximum Gasteiger partial charge on any atom is 0.411 e. The average molecular weight is 290 g/mol. The van der Waals surface area contributed by atoms with Gasteiger partial charge >= 0.3 is 6.18 Å². The summed E-state index contributed by atoms with van der Waals surface area (Å²) in [4.78, 5) is 11.6. The number of alkyl halides is 3. The number of nitrogens with one attached hydrogen (secondary N) is 1. The Hall–Kier alpha value is -1.76. The molecule has 0 aromatic heterocycles. The Bertz CT molecular complexity index is 487. The van der Waals surface area contributed by atoms with E-state index in [1.165, 1.54) is 0 Å². The van der Waals surface area contributed by atoms with Crippen LogP contribution in [0.2, 0.25) is 0 Å². The van der Waals surface area contributed by atoms with E-state index >= 15 is 0 Å². The molecule has 112 valence electrons. The van der Waals surface area contributed by atoms with Gasteiger partial charge in [0, 0.05) is 0 Å². The lowest BCUT2D eigenvalue weighted by atomic mass is 10.1. The fraction of sp³-hybridized carbons (Fsp3) is 0.462. The SMILES string of the molecule is Cc1ccc(N)c(NC(=O)CCOCC(F)(F)F)c1C. The van der Waals surface area contributed by atoms with Crippen LogP contribution >= 0.6 is 0 Å². The Morgan fingerprint density at radius 3 is 2.60 bits per heavy atom. The van der Waals surface area contributed by atoms with Crippen LogP contribution in [0.1, 0.15) is 17.5 Å². The van der Waals surface area contributed by atoms with E-state index in [1.807, 2.05) is 19.9 Å². The first kappa shape index (κ1) is 16.3. The van der Waals surface area contributed by atoms with Crippen molar-refractivity contribution >= 4 is 17.3 Å². The van der Waals surface area contributed by atoms with Crippen molar-refractivity contribution < 1.29 is 22.7 Å². The summed E-state index contributed by atoms with van der Waals surface area (Å²) in [5.41, 5.74) is 8.45. The third kappa shape index (κ3) is 5.08. The maximum atomic E-state index is 11.8. The molecule has 4 nitrogen and oxygen atoms in total. The Labute approximate surface area is 115 Å². The zero-order valence-electron chi connectivity index (χ0n) is 11.3. The van der Waals surface area contributed by atoms with Crippen molar-refractivity contribution in [3.8, 4) is 0 Å². The zero-order valence-corrected chi connectivity index (χ0v) is 11.3. The number of ether oxygens (including phenoxy) is 1. The second-order valence-electron chi connectivity index (χ2n) is 4.44. The van der Waals surface area contributed by atoms with Gasteiger partial charge in [0.15, 0.2) is 0 Å². The van der Waals surface area contributed by atoms with Crippen molar-refractivity contribution in [1.29, 1.82) is 0 Å². The van der Waals surface area contributed by atoms with Crippen molar-refractivity contribution in [1.82, 2.24) is 0 Å². The molecule has 0 unspecified atom stereocenters. The highest BCUT2D eigenvalue weighted by Crippen LogP contribution is 2.25. The number of aryl methyl sites for hydroxylation is 1. The third-order valence-electron chi connectivity index (χ3n) is 2.77. The van der Waals surface area contributed by atoms with Crippen LogP contribution in [0.3, 0.4) is 0 Å². The summed E-state index contributed by atoms with van der Waals surface area (Å²) < 4.78 is 39.9. The number of hydrogen-bond acceptors (Lipinski definition) is 3. The van der Waals surface area contributed by atoms with Gasteiger partial charge in [0.2, 0.25) is 5.91 Å². The molecule has 0 saturated heterocycles. The molecule has 0 radical (unpaired) electrons. The van der Waals surface area contributed by atoms with E-state index in [4.69, 9.17) is 5.73 Å². The smallest absolute Gasteiger partial charge is 0.397 e. The van der Waals surface area contributed by atoms with E-state index in [-0.39, 0.29) is 13.0 Å². The first-order chi connectivity index (χ1) is 9.20. The minimum Gasteiger partial charge on any atom is -0.397 e. The maximum absolute atomic E-state index is 11.8. The van der Waals surface area contributed by atoms with Gasteiger partial charge < -0.3 is 15.8 Å². The molecule has 7 heteroatoms. The van der Waals surface area contributed by atoms with Crippen LogP contribution < -0.4 is 11.1 Å². The molecule has 0 saturated carbocycles. The van der Waals surface area contributed by atoms with Gasteiger partial charge in [-0.3, -0.25) is 4.79 Å². The molecular formula is C13H17F3N2O2. The van der Waals surface area contributed by atoms with E-state index in [0.29, 0.717) is 11.4 Å². The predicted molar refractivity (Wildman–Crippen MR) is 70.4 cm³/mol. The topological polar surface area (TPSA) is 64.3 Å². The molecule has 20 heavy (non-hydrogen) atoms. The van der Waals surface area contributed by atoms with Crippen LogP contribution in [-0.2, 0) is 9.53 Å². The van der Waals surface area contributed by atoms with Crippen molar-refractivity contribution in [2.45, 2.75) is 26.4 Å². The second kappa shape index (κ2) is 6.60. The van der Waals surface area contributed by atoms with Crippen molar-refractivity contribution in [3.05, 3.63) is 23.3 Å². The molecule has 0 aliphatic heterocycles. The van der Waals surface area contributed by atoms with Gasteiger partial charge in [0.1, 0.15) is 6.61 Å². The number of benzene rings is 1. The minimum absolute atomic E-state index is 0.164. The molecule has 1 rings (SSSR count). The van der Waals surface area contributed by atoms with Crippen molar-refractivity contribution in [2.75, 3.05) is 24.3 Å². The Morgan fingerprint density at radius 2 is 2.00 bits per heavy atom. The molecule has 1 aromatic rings. The Balaban J connectivity index is 2.49. The fourth-order valence-corrected chi connectivity index (χ4v) is 1.56. The highest BCUT2D eigenvalue weighted by atomic mass is 19.4. The number of carbonyl (C=O) groups excluding carboxylic acids is 1. The zero-order chi connectivity index (χ0) is 15.3. The van der Waals surface area contributed by atoms with Crippen LogP contribution in [0.4, 0.5) is 24.5 Å². The van der Waals surface area contributed by atoms with Gasteiger partial charge in [-0.15, -0.1) is 0 Å². The van der Waals surface area contributed by atoms with Crippen LogP contribution in [0.15, 0.2) is 12.1 Å². The van der Waals surface area contributed by atoms with Crippen LogP contribution in [-0.4, -0.2) is 25.3 Å². The summed E-state index contributed by atoms with van der Waals surface area (Å²) in [6.45, 7) is 2.03. The van der Waals surface area contributed by atoms with Gasteiger partial charge in [0.25, 0.3) is 0 Å². The molecule has 3 N–H and O–H groups in total. The molecule has 0 aliphatic rings. The van der Waals surface area contributed by atoms with Crippen LogP contribution in [0, 0.1) is 13.8 Å². The predicted octanol–water partition coefficient (Wildman–Crippen LogP) is 2.79.